The minimum atomic E-state index is -3.83. The van der Waals surface area contributed by atoms with Crippen LogP contribution in [0.15, 0.2) is 53.4 Å². The molecule has 3 N–H and O–H groups in total. The van der Waals surface area contributed by atoms with Gasteiger partial charge in [0.25, 0.3) is 5.91 Å². The largest absolute Gasteiger partial charge is 0.322 e. The summed E-state index contributed by atoms with van der Waals surface area (Å²) in [5, 5.41) is 7.77. The van der Waals surface area contributed by atoms with Gasteiger partial charge in [-0.1, -0.05) is 24.3 Å². The molecule has 2 aromatic rings. The molecule has 0 heterocycles. The predicted octanol–water partition coefficient (Wildman–Crippen LogP) is 1.89. The molecule has 0 unspecified atom stereocenters. The molecule has 0 bridgehead atoms. The number of nitrogens with one attached hydrogen (secondary N) is 1. The first-order chi connectivity index (χ1) is 9.38. The molecule has 0 atom stereocenters. The van der Waals surface area contributed by atoms with Crippen molar-refractivity contribution in [3.8, 4) is 0 Å². The summed E-state index contributed by atoms with van der Waals surface area (Å²) < 4.78 is 22.6. The van der Waals surface area contributed by atoms with Crippen LogP contribution in [0.4, 0.5) is 5.69 Å². The maximum Gasteiger partial charge on any atom is 0.255 e. The number of carbonyl (C=O) groups is 1. The van der Waals surface area contributed by atoms with Gasteiger partial charge in [0.15, 0.2) is 0 Å². The van der Waals surface area contributed by atoms with Gasteiger partial charge in [0.1, 0.15) is 0 Å². The Morgan fingerprint density at radius 3 is 2.35 bits per heavy atom. The molecule has 0 radical (unpaired) electrons. The molecule has 104 valence electrons. The van der Waals surface area contributed by atoms with E-state index in [1.807, 2.05) is 6.07 Å². The van der Waals surface area contributed by atoms with Gasteiger partial charge in [-0.3, -0.25) is 4.79 Å². The number of benzene rings is 2. The second-order valence-electron chi connectivity index (χ2n) is 4.34. The smallest absolute Gasteiger partial charge is 0.255 e. The Labute approximate surface area is 117 Å². The van der Waals surface area contributed by atoms with Crippen LogP contribution in [0, 0.1) is 6.92 Å². The summed E-state index contributed by atoms with van der Waals surface area (Å²) in [6, 6.07) is 13.1. The minimum Gasteiger partial charge on any atom is -0.322 e. The van der Waals surface area contributed by atoms with Crippen molar-refractivity contribution in [2.45, 2.75) is 11.8 Å². The van der Waals surface area contributed by atoms with E-state index in [1.165, 1.54) is 12.1 Å². The van der Waals surface area contributed by atoms with Crippen LogP contribution in [0.3, 0.4) is 0 Å². The van der Waals surface area contributed by atoms with Gasteiger partial charge in [0.05, 0.1) is 4.90 Å². The molecule has 0 aromatic heterocycles. The molecule has 5 nitrogen and oxygen atoms in total. The maximum atomic E-state index is 12.2. The van der Waals surface area contributed by atoms with Crippen LogP contribution < -0.4 is 10.5 Å². The van der Waals surface area contributed by atoms with E-state index in [0.29, 0.717) is 11.3 Å². The lowest BCUT2D eigenvalue weighted by Crippen LogP contribution is -2.16. The average Bonchev–Trinajstić information content (AvgIpc) is 2.39. The highest BCUT2D eigenvalue weighted by atomic mass is 32.2. The van der Waals surface area contributed by atoms with Crippen LogP contribution >= 0.6 is 0 Å². The van der Waals surface area contributed by atoms with Crippen molar-refractivity contribution < 1.29 is 13.2 Å². The first-order valence-electron chi connectivity index (χ1n) is 5.88. The second-order valence-corrected chi connectivity index (χ2v) is 5.90. The van der Waals surface area contributed by atoms with E-state index >= 15 is 0 Å². The van der Waals surface area contributed by atoms with E-state index in [-0.39, 0.29) is 16.4 Å². The lowest BCUT2D eigenvalue weighted by atomic mass is 10.1. The van der Waals surface area contributed by atoms with Crippen molar-refractivity contribution in [2.75, 3.05) is 5.32 Å². The molecule has 6 heteroatoms. The number of para-hydroxylation sites is 1. The lowest BCUT2D eigenvalue weighted by Gasteiger charge is -2.09. The van der Waals surface area contributed by atoms with Gasteiger partial charge < -0.3 is 5.32 Å². The van der Waals surface area contributed by atoms with Gasteiger partial charge in [-0.25, -0.2) is 13.6 Å². The fourth-order valence-electron chi connectivity index (χ4n) is 1.74. The highest BCUT2D eigenvalue weighted by molar-refractivity contribution is 7.89. The lowest BCUT2D eigenvalue weighted by molar-refractivity contribution is 0.102. The first-order valence-corrected chi connectivity index (χ1v) is 7.42. The molecule has 20 heavy (non-hydrogen) atoms. The predicted molar refractivity (Wildman–Crippen MR) is 76.9 cm³/mol. The summed E-state index contributed by atoms with van der Waals surface area (Å²) in [5.74, 6) is -0.376. The van der Waals surface area contributed by atoms with Gasteiger partial charge in [-0.2, -0.15) is 0 Å². The van der Waals surface area contributed by atoms with E-state index in [1.54, 1.807) is 37.3 Å². The summed E-state index contributed by atoms with van der Waals surface area (Å²) >= 11 is 0. The minimum absolute atomic E-state index is 0.0821. The number of amides is 1. The Bertz CT molecular complexity index is 740. The summed E-state index contributed by atoms with van der Waals surface area (Å²) in [5.41, 5.74) is 1.59. The number of anilines is 1. The zero-order valence-corrected chi connectivity index (χ0v) is 11.6. The number of primary sulfonamides is 1. The quantitative estimate of drug-likeness (QED) is 0.904. The van der Waals surface area contributed by atoms with E-state index in [4.69, 9.17) is 5.14 Å². The molecule has 0 aliphatic carbocycles. The fourth-order valence-corrected chi connectivity index (χ4v) is 2.28. The molecule has 0 saturated heterocycles. The van der Waals surface area contributed by atoms with Crippen molar-refractivity contribution in [1.82, 2.24) is 0 Å². The van der Waals surface area contributed by atoms with Crippen molar-refractivity contribution in [2.24, 2.45) is 5.14 Å². The average molecular weight is 290 g/mol. The highest BCUT2D eigenvalue weighted by Gasteiger charge is 2.14. The molecule has 1 amide bonds. The van der Waals surface area contributed by atoms with E-state index in [9.17, 15) is 13.2 Å². The monoisotopic (exact) mass is 290 g/mol. The van der Waals surface area contributed by atoms with Crippen molar-refractivity contribution in [1.29, 1.82) is 0 Å². The molecule has 0 saturated carbocycles. The van der Waals surface area contributed by atoms with E-state index < -0.39 is 10.0 Å². The number of nitrogens with two attached hydrogens (primary N) is 1. The Balaban J connectivity index is 2.35. The molecule has 0 spiro atoms. The molecule has 0 aliphatic rings. The Kier molecular flexibility index (Phi) is 3.87. The number of sulfonamides is 1. The van der Waals surface area contributed by atoms with Crippen LogP contribution in [0.2, 0.25) is 0 Å². The van der Waals surface area contributed by atoms with Crippen LogP contribution in [-0.2, 0) is 10.0 Å². The number of carbonyl (C=O) groups excluding carboxylic acids is 1. The SMILES string of the molecule is Cc1ccc(S(N)(=O)=O)cc1C(=O)Nc1ccccc1. The molecule has 2 aromatic carbocycles. The number of hydrogen-bond donors (Lipinski definition) is 2. The number of rotatable bonds is 3. The Morgan fingerprint density at radius 2 is 1.75 bits per heavy atom. The first kappa shape index (κ1) is 14.2. The summed E-state index contributed by atoms with van der Waals surface area (Å²) in [6.07, 6.45) is 0. The zero-order valence-electron chi connectivity index (χ0n) is 10.8. The molecular formula is C14H14N2O3S. The van der Waals surface area contributed by atoms with E-state index in [0.717, 1.165) is 0 Å². The van der Waals surface area contributed by atoms with Gasteiger partial charge >= 0.3 is 0 Å². The molecule has 0 fully saturated rings. The van der Waals surface area contributed by atoms with Crippen LogP contribution in [0.1, 0.15) is 15.9 Å². The van der Waals surface area contributed by atoms with Gasteiger partial charge in [-0.15, -0.1) is 0 Å². The molecular weight excluding hydrogens is 276 g/mol. The third kappa shape index (κ3) is 3.23. The zero-order chi connectivity index (χ0) is 14.8. The van der Waals surface area contributed by atoms with Gasteiger partial charge in [0.2, 0.25) is 10.0 Å². The van der Waals surface area contributed by atoms with Crippen LogP contribution in [0.5, 0.6) is 0 Å². The second kappa shape index (κ2) is 5.44. The highest BCUT2D eigenvalue weighted by Crippen LogP contribution is 2.16. The third-order valence-corrected chi connectivity index (χ3v) is 3.72. The van der Waals surface area contributed by atoms with E-state index in [2.05, 4.69) is 5.32 Å². The Morgan fingerprint density at radius 1 is 1.10 bits per heavy atom. The van der Waals surface area contributed by atoms with Crippen molar-refractivity contribution >= 4 is 21.6 Å². The standard InChI is InChI=1S/C14H14N2O3S/c1-10-7-8-12(20(15,18)19)9-13(10)14(17)16-11-5-3-2-4-6-11/h2-9H,1H3,(H,16,17)(H2,15,18,19). The third-order valence-electron chi connectivity index (χ3n) is 2.81. The summed E-state index contributed by atoms with van der Waals surface area (Å²) in [4.78, 5) is 12.1. The number of aryl methyl sites for hydroxylation is 1. The topological polar surface area (TPSA) is 89.3 Å². The van der Waals surface area contributed by atoms with Crippen LogP contribution in [0.25, 0.3) is 0 Å². The normalized spacial score (nSPS) is 11.1. The summed E-state index contributed by atoms with van der Waals surface area (Å²) in [6.45, 7) is 1.73. The Hall–Kier alpha value is -2.18. The molecule has 0 aliphatic heterocycles. The van der Waals surface area contributed by atoms with Gasteiger partial charge in [0, 0.05) is 11.3 Å². The van der Waals surface area contributed by atoms with Gasteiger partial charge in [-0.05, 0) is 36.8 Å². The van der Waals surface area contributed by atoms with Crippen LogP contribution in [-0.4, -0.2) is 14.3 Å². The van der Waals surface area contributed by atoms with Crippen molar-refractivity contribution in [3.63, 3.8) is 0 Å². The maximum absolute atomic E-state index is 12.2. The summed E-state index contributed by atoms with van der Waals surface area (Å²) in [7, 11) is -3.83. The van der Waals surface area contributed by atoms with Crippen molar-refractivity contribution in [3.05, 3.63) is 59.7 Å². The molecule has 2 rings (SSSR count). The fraction of sp³-hybridized carbons (Fsp3) is 0.0714. The number of hydrogen-bond acceptors (Lipinski definition) is 3.